The zero-order valence-electron chi connectivity index (χ0n) is 5.57. The van der Waals surface area contributed by atoms with Crippen molar-refractivity contribution in [2.45, 2.75) is 0 Å². The molecule has 0 radical (unpaired) electrons. The Kier molecular flexibility index (Phi) is 2.01. The fourth-order valence-electron chi connectivity index (χ4n) is 0.688. The highest BCUT2D eigenvalue weighted by Gasteiger charge is 2.40. The summed E-state index contributed by atoms with van der Waals surface area (Å²) in [6.45, 7) is 0. The molecule has 0 heterocycles. The van der Waals surface area contributed by atoms with Gasteiger partial charge in [-0.2, -0.15) is 4.39 Å². The molecule has 0 atom stereocenters. The summed E-state index contributed by atoms with van der Waals surface area (Å²) in [5, 5.41) is -4.22. The molecule has 0 bridgehead atoms. The van der Waals surface area contributed by atoms with Crippen molar-refractivity contribution in [2.75, 3.05) is 0 Å². The monoisotopic (exact) mass is 184 g/mol. The van der Waals surface area contributed by atoms with Crippen LogP contribution in [0, 0.1) is 11.6 Å². The first-order valence-corrected chi connectivity index (χ1v) is 2.85. The van der Waals surface area contributed by atoms with Crippen molar-refractivity contribution in [1.29, 1.82) is 0 Å². The number of nitrogens with zero attached hydrogens (tertiary/aromatic N) is 1. The molecule has 0 aliphatic carbocycles. The number of hydrogen-bond acceptors (Lipinski definition) is 0. The highest BCUT2D eigenvalue weighted by Crippen LogP contribution is 2.29. The molecule has 66 valence electrons. The minimum atomic E-state index is -4.22. The zero-order valence-corrected chi connectivity index (χ0v) is 5.57. The van der Waals surface area contributed by atoms with Crippen molar-refractivity contribution in [3.8, 4) is 0 Å². The maximum absolute atomic E-state index is 12.4. The van der Waals surface area contributed by atoms with Gasteiger partial charge in [0.1, 0.15) is 0 Å². The van der Waals surface area contributed by atoms with Crippen molar-refractivity contribution in [2.24, 2.45) is 0 Å². The Balaban J connectivity index is 3.26. The Bertz CT molecular complexity index is 292. The standard InChI is InChI=1S/C6H3F5N/c7-4-2-1-3-5(6(4)8)12(9,10)11/h1-3H/q+1. The number of halogens is 5. The highest BCUT2D eigenvalue weighted by atomic mass is 19.6. The summed E-state index contributed by atoms with van der Waals surface area (Å²) in [5.74, 6) is -3.40. The minimum Gasteiger partial charge on any atom is -0.203 e. The van der Waals surface area contributed by atoms with E-state index in [1.807, 2.05) is 0 Å². The number of benzene rings is 1. The van der Waals surface area contributed by atoms with Gasteiger partial charge in [-0.3, -0.25) is 0 Å². The summed E-state index contributed by atoms with van der Waals surface area (Å²) in [5.41, 5.74) is -1.64. The molecule has 0 aromatic heterocycles. The van der Waals surface area contributed by atoms with Crippen LogP contribution in [0.3, 0.4) is 0 Å². The second kappa shape index (κ2) is 2.71. The Morgan fingerprint density at radius 3 is 2.00 bits per heavy atom. The lowest BCUT2D eigenvalue weighted by Gasteiger charge is -2.00. The number of quaternary nitrogens is 1. The summed E-state index contributed by atoms with van der Waals surface area (Å²) < 4.78 is 59.9. The topological polar surface area (TPSA) is 0 Å². The summed E-state index contributed by atoms with van der Waals surface area (Å²) in [4.78, 5) is 0. The molecule has 1 aromatic rings. The zero-order chi connectivity index (χ0) is 9.35. The minimum absolute atomic E-state index is 0.457. The van der Waals surface area contributed by atoms with Crippen LogP contribution in [-0.4, -0.2) is 0 Å². The fraction of sp³-hybridized carbons (Fsp3) is 0. The third kappa shape index (κ3) is 1.53. The third-order valence-electron chi connectivity index (χ3n) is 1.20. The van der Waals surface area contributed by atoms with Gasteiger partial charge in [-0.15, -0.1) is 0 Å². The van der Waals surface area contributed by atoms with E-state index < -0.39 is 22.5 Å². The van der Waals surface area contributed by atoms with Crippen LogP contribution in [0.2, 0.25) is 0 Å². The molecule has 0 saturated heterocycles. The van der Waals surface area contributed by atoms with Crippen LogP contribution in [0.4, 0.5) is 27.9 Å². The third-order valence-corrected chi connectivity index (χ3v) is 1.20. The van der Waals surface area contributed by atoms with Crippen LogP contribution in [0.1, 0.15) is 0 Å². The van der Waals surface area contributed by atoms with E-state index in [1.54, 1.807) is 0 Å². The van der Waals surface area contributed by atoms with E-state index in [0.717, 1.165) is 6.07 Å². The molecule has 0 unspecified atom stereocenters. The van der Waals surface area contributed by atoms with Crippen molar-refractivity contribution in [3.05, 3.63) is 29.8 Å². The van der Waals surface area contributed by atoms with Gasteiger partial charge in [0.15, 0.2) is 5.82 Å². The molecule has 6 heteroatoms. The quantitative estimate of drug-likeness (QED) is 0.465. The first-order chi connectivity index (χ1) is 5.43. The van der Waals surface area contributed by atoms with Gasteiger partial charge in [0, 0.05) is 6.07 Å². The van der Waals surface area contributed by atoms with Crippen LogP contribution in [0.5, 0.6) is 0 Å². The summed E-state index contributed by atoms with van der Waals surface area (Å²) in [6, 6.07) is 1.87. The number of hydrogen-bond donors (Lipinski definition) is 0. The maximum Gasteiger partial charge on any atom is 0.298 e. The summed E-state index contributed by atoms with van der Waals surface area (Å²) in [7, 11) is 0. The van der Waals surface area contributed by atoms with Gasteiger partial charge in [-0.1, -0.05) is 6.07 Å². The van der Waals surface area contributed by atoms with Crippen LogP contribution >= 0.6 is 0 Å². The smallest absolute Gasteiger partial charge is 0.203 e. The SMILES string of the molecule is Fc1cccc([N+](F)(F)F)c1F. The Morgan fingerprint density at radius 2 is 1.58 bits per heavy atom. The van der Waals surface area contributed by atoms with Crippen molar-refractivity contribution < 1.29 is 22.2 Å². The van der Waals surface area contributed by atoms with Crippen LogP contribution in [0.15, 0.2) is 18.2 Å². The molecular weight excluding hydrogens is 181 g/mol. The van der Waals surface area contributed by atoms with Gasteiger partial charge in [0.05, 0.1) is 13.4 Å². The highest BCUT2D eigenvalue weighted by molar-refractivity contribution is 5.39. The first-order valence-electron chi connectivity index (χ1n) is 2.85. The molecule has 0 amide bonds. The van der Waals surface area contributed by atoms with E-state index in [4.69, 9.17) is 0 Å². The molecule has 1 rings (SSSR count). The fourth-order valence-corrected chi connectivity index (χ4v) is 0.688. The lowest BCUT2D eigenvalue weighted by Crippen LogP contribution is -2.19. The molecule has 0 saturated carbocycles. The molecule has 0 spiro atoms. The largest absolute Gasteiger partial charge is 0.298 e. The summed E-state index contributed by atoms with van der Waals surface area (Å²) in [6.07, 6.45) is 0. The summed E-state index contributed by atoms with van der Waals surface area (Å²) >= 11 is 0. The van der Waals surface area contributed by atoms with Crippen molar-refractivity contribution >= 4 is 5.69 Å². The second-order valence-corrected chi connectivity index (χ2v) is 2.02. The molecule has 0 aliphatic rings. The van der Waals surface area contributed by atoms with E-state index in [9.17, 15) is 22.2 Å². The Morgan fingerprint density at radius 1 is 1.00 bits per heavy atom. The van der Waals surface area contributed by atoms with E-state index in [0.29, 0.717) is 12.1 Å². The average Bonchev–Trinajstić information content (AvgIpc) is 1.92. The van der Waals surface area contributed by atoms with Gasteiger partial charge in [-0.25, -0.2) is 4.39 Å². The molecule has 0 aliphatic heterocycles. The lowest BCUT2D eigenvalue weighted by atomic mass is 10.3. The lowest BCUT2D eigenvalue weighted by molar-refractivity contribution is -0.280. The predicted octanol–water partition coefficient (Wildman–Crippen LogP) is 2.93. The predicted molar refractivity (Wildman–Crippen MR) is 31.5 cm³/mol. The van der Waals surface area contributed by atoms with E-state index >= 15 is 0 Å². The molecule has 12 heavy (non-hydrogen) atoms. The van der Waals surface area contributed by atoms with Gasteiger partial charge < -0.3 is 0 Å². The second-order valence-electron chi connectivity index (χ2n) is 2.02. The van der Waals surface area contributed by atoms with Gasteiger partial charge >= 0.3 is 0 Å². The normalized spacial score (nSPS) is 11.8. The molecule has 0 fully saturated rings. The van der Waals surface area contributed by atoms with Gasteiger partial charge in [-0.05, 0) is 6.07 Å². The molecule has 0 N–H and O–H groups in total. The Hall–Kier alpha value is -1.17. The van der Waals surface area contributed by atoms with Crippen molar-refractivity contribution in [3.63, 3.8) is 0 Å². The van der Waals surface area contributed by atoms with Crippen LogP contribution in [-0.2, 0) is 0 Å². The maximum atomic E-state index is 12.4. The molecule has 1 nitrogen and oxygen atoms in total. The van der Waals surface area contributed by atoms with Crippen LogP contribution < -0.4 is 5.15 Å². The molecule has 1 aromatic carbocycles. The number of rotatable bonds is 1. The van der Waals surface area contributed by atoms with E-state index in [-0.39, 0.29) is 0 Å². The molecular formula is C6H3F5N+. The van der Waals surface area contributed by atoms with Gasteiger partial charge in [0.2, 0.25) is 5.82 Å². The van der Waals surface area contributed by atoms with E-state index in [1.165, 1.54) is 0 Å². The van der Waals surface area contributed by atoms with E-state index in [2.05, 4.69) is 0 Å². The van der Waals surface area contributed by atoms with Gasteiger partial charge in [0.25, 0.3) is 10.8 Å². The Labute approximate surface area is 64.0 Å². The first kappa shape index (κ1) is 8.92. The van der Waals surface area contributed by atoms with Crippen molar-refractivity contribution in [1.82, 2.24) is 5.15 Å². The van der Waals surface area contributed by atoms with Crippen LogP contribution in [0.25, 0.3) is 0 Å². The average molecular weight is 184 g/mol.